The van der Waals surface area contributed by atoms with Crippen molar-refractivity contribution < 1.29 is 9.21 Å². The van der Waals surface area contributed by atoms with Gasteiger partial charge in [0, 0.05) is 43.5 Å². The molecule has 1 saturated heterocycles. The van der Waals surface area contributed by atoms with Gasteiger partial charge in [0.05, 0.1) is 5.52 Å². The fourth-order valence-electron chi connectivity index (χ4n) is 3.95. The summed E-state index contributed by atoms with van der Waals surface area (Å²) in [6.07, 6.45) is 0. The molecular formula is C24H23N3O2. The van der Waals surface area contributed by atoms with Crippen LogP contribution in [0.25, 0.3) is 22.0 Å². The summed E-state index contributed by atoms with van der Waals surface area (Å²) in [5, 5.41) is 1.92. The Morgan fingerprint density at radius 3 is 2.55 bits per heavy atom. The van der Waals surface area contributed by atoms with Crippen molar-refractivity contribution in [3.05, 3.63) is 77.6 Å². The molecule has 0 atom stereocenters. The molecule has 1 aliphatic heterocycles. The minimum atomic E-state index is -0.0532. The molecule has 5 nitrogen and oxygen atoms in total. The number of carbonyl (C=O) groups is 1. The van der Waals surface area contributed by atoms with Crippen LogP contribution in [0.1, 0.15) is 21.7 Å². The van der Waals surface area contributed by atoms with Crippen LogP contribution in [0, 0.1) is 6.92 Å². The van der Waals surface area contributed by atoms with Crippen LogP contribution in [0.5, 0.6) is 0 Å². The number of amides is 1. The van der Waals surface area contributed by atoms with Crippen LogP contribution in [0.4, 0.5) is 0 Å². The Kier molecular flexibility index (Phi) is 4.52. The van der Waals surface area contributed by atoms with E-state index < -0.39 is 0 Å². The van der Waals surface area contributed by atoms with Crippen molar-refractivity contribution >= 4 is 27.9 Å². The largest absolute Gasteiger partial charge is 0.433 e. The highest BCUT2D eigenvalue weighted by Gasteiger charge is 2.25. The molecule has 2 aromatic carbocycles. The summed E-state index contributed by atoms with van der Waals surface area (Å²) in [7, 11) is 0. The number of aromatic nitrogens is 1. The molecule has 0 aliphatic carbocycles. The van der Waals surface area contributed by atoms with Gasteiger partial charge in [-0.1, -0.05) is 42.5 Å². The predicted octanol–water partition coefficient (Wildman–Crippen LogP) is 4.25. The molecule has 1 fully saturated rings. The van der Waals surface area contributed by atoms with E-state index in [0.717, 1.165) is 41.5 Å². The zero-order valence-electron chi connectivity index (χ0n) is 16.5. The lowest BCUT2D eigenvalue weighted by molar-refractivity contribution is 0.0600. The molecule has 146 valence electrons. The van der Waals surface area contributed by atoms with Gasteiger partial charge in [-0.2, -0.15) is 0 Å². The molecule has 0 radical (unpaired) electrons. The third-order valence-corrected chi connectivity index (χ3v) is 5.58. The maximum Gasteiger partial charge on any atom is 0.289 e. The monoisotopic (exact) mass is 385 g/mol. The predicted molar refractivity (Wildman–Crippen MR) is 114 cm³/mol. The van der Waals surface area contributed by atoms with E-state index in [2.05, 4.69) is 46.3 Å². The maximum atomic E-state index is 13.0. The number of aryl methyl sites for hydroxylation is 1. The number of hydrogen-bond donors (Lipinski definition) is 0. The lowest BCUT2D eigenvalue weighted by Gasteiger charge is -2.34. The molecule has 4 aromatic rings. The minimum Gasteiger partial charge on any atom is -0.433 e. The van der Waals surface area contributed by atoms with E-state index in [0.29, 0.717) is 24.6 Å². The number of fused-ring (bicyclic) bond motifs is 2. The van der Waals surface area contributed by atoms with E-state index in [1.54, 1.807) is 0 Å². The third-order valence-electron chi connectivity index (χ3n) is 5.58. The Balaban J connectivity index is 1.30. The van der Waals surface area contributed by atoms with Crippen molar-refractivity contribution in [3.63, 3.8) is 0 Å². The van der Waals surface area contributed by atoms with Crippen LogP contribution in [0.3, 0.4) is 0 Å². The summed E-state index contributed by atoms with van der Waals surface area (Å²) < 4.78 is 5.84. The van der Waals surface area contributed by atoms with E-state index in [1.807, 2.05) is 36.1 Å². The van der Waals surface area contributed by atoms with Crippen LogP contribution in [0.15, 0.2) is 65.1 Å². The first-order chi connectivity index (χ1) is 14.2. The number of carbonyl (C=O) groups excluding carboxylic acids is 1. The highest BCUT2D eigenvalue weighted by molar-refractivity contribution is 5.98. The fraction of sp³-hybridized carbons (Fsp3) is 0.250. The summed E-state index contributed by atoms with van der Waals surface area (Å²) in [5.74, 6) is 0.318. The van der Waals surface area contributed by atoms with Crippen molar-refractivity contribution in [1.29, 1.82) is 0 Å². The number of pyridine rings is 1. The minimum absolute atomic E-state index is 0.0532. The van der Waals surface area contributed by atoms with E-state index in [-0.39, 0.29) is 5.91 Å². The van der Waals surface area contributed by atoms with Crippen LogP contribution in [-0.4, -0.2) is 46.9 Å². The summed E-state index contributed by atoms with van der Waals surface area (Å²) in [5.41, 5.74) is 3.87. The second-order valence-electron chi connectivity index (χ2n) is 7.74. The molecule has 1 amide bonds. The molecule has 3 heterocycles. The van der Waals surface area contributed by atoms with Gasteiger partial charge in [0.25, 0.3) is 5.91 Å². The zero-order chi connectivity index (χ0) is 19.8. The summed E-state index contributed by atoms with van der Waals surface area (Å²) in [6.45, 7) is 6.10. The van der Waals surface area contributed by atoms with Crippen molar-refractivity contribution in [2.24, 2.45) is 0 Å². The second kappa shape index (κ2) is 7.33. The molecule has 2 aromatic heterocycles. The normalized spacial score (nSPS) is 15.3. The van der Waals surface area contributed by atoms with Gasteiger partial charge in [0.15, 0.2) is 5.76 Å². The van der Waals surface area contributed by atoms with Gasteiger partial charge >= 0.3 is 0 Å². The van der Waals surface area contributed by atoms with Gasteiger partial charge in [0.1, 0.15) is 0 Å². The van der Waals surface area contributed by atoms with Crippen LogP contribution in [-0.2, 0) is 6.54 Å². The van der Waals surface area contributed by atoms with Crippen LogP contribution < -0.4 is 0 Å². The zero-order valence-corrected chi connectivity index (χ0v) is 16.5. The van der Waals surface area contributed by atoms with Crippen LogP contribution >= 0.6 is 0 Å². The molecule has 0 bridgehead atoms. The highest BCUT2D eigenvalue weighted by Crippen LogP contribution is 2.24. The Morgan fingerprint density at radius 2 is 1.76 bits per heavy atom. The van der Waals surface area contributed by atoms with E-state index in [1.165, 1.54) is 5.56 Å². The Bertz CT molecular complexity index is 1170. The molecule has 0 N–H and O–H groups in total. The second-order valence-corrected chi connectivity index (χ2v) is 7.74. The summed E-state index contributed by atoms with van der Waals surface area (Å²) >= 11 is 0. The quantitative estimate of drug-likeness (QED) is 0.529. The van der Waals surface area contributed by atoms with E-state index in [4.69, 9.17) is 4.42 Å². The van der Waals surface area contributed by atoms with Crippen molar-refractivity contribution in [3.8, 4) is 0 Å². The average Bonchev–Trinajstić information content (AvgIpc) is 3.15. The average molecular weight is 385 g/mol. The van der Waals surface area contributed by atoms with Gasteiger partial charge in [-0.05, 0) is 36.2 Å². The first kappa shape index (κ1) is 17.9. The number of benzene rings is 2. The van der Waals surface area contributed by atoms with Gasteiger partial charge in [-0.3, -0.25) is 9.69 Å². The number of furan rings is 1. The van der Waals surface area contributed by atoms with Crippen molar-refractivity contribution in [1.82, 2.24) is 14.8 Å². The van der Waals surface area contributed by atoms with Gasteiger partial charge in [0.2, 0.25) is 5.71 Å². The SMILES string of the molecule is Cc1ccc2cc3cc(C(=O)N4CCN(Cc5ccccc5)CC4)oc3nc2c1. The van der Waals surface area contributed by atoms with Crippen molar-refractivity contribution in [2.75, 3.05) is 26.2 Å². The van der Waals surface area contributed by atoms with Gasteiger partial charge in [-0.25, -0.2) is 4.98 Å². The Morgan fingerprint density at radius 1 is 0.966 bits per heavy atom. The first-order valence-electron chi connectivity index (χ1n) is 10.0. The Hall–Kier alpha value is -3.18. The molecule has 5 heteroatoms. The lowest BCUT2D eigenvalue weighted by Crippen LogP contribution is -2.48. The van der Waals surface area contributed by atoms with Gasteiger partial charge < -0.3 is 9.32 Å². The summed E-state index contributed by atoms with van der Waals surface area (Å²) in [4.78, 5) is 21.8. The lowest BCUT2D eigenvalue weighted by atomic mass is 10.1. The number of piperazine rings is 1. The van der Waals surface area contributed by atoms with Gasteiger partial charge in [-0.15, -0.1) is 0 Å². The molecule has 0 unspecified atom stereocenters. The smallest absolute Gasteiger partial charge is 0.289 e. The Labute approximate surface area is 169 Å². The molecule has 0 saturated carbocycles. The third kappa shape index (κ3) is 3.61. The molecule has 29 heavy (non-hydrogen) atoms. The topological polar surface area (TPSA) is 49.6 Å². The maximum absolute atomic E-state index is 13.0. The standard InChI is InChI=1S/C24H23N3O2/c1-17-7-8-19-14-20-15-22(29-23(20)25-21(19)13-17)24(28)27-11-9-26(10-12-27)16-18-5-3-2-4-6-18/h2-8,13-15H,9-12,16H2,1H3. The first-order valence-corrected chi connectivity index (χ1v) is 10.0. The number of hydrogen-bond acceptors (Lipinski definition) is 4. The molecule has 0 spiro atoms. The summed E-state index contributed by atoms with van der Waals surface area (Å²) in [6, 6.07) is 20.5. The van der Waals surface area contributed by atoms with E-state index in [9.17, 15) is 4.79 Å². The number of rotatable bonds is 3. The highest BCUT2D eigenvalue weighted by atomic mass is 16.4. The molecule has 1 aliphatic rings. The molecule has 5 rings (SSSR count). The van der Waals surface area contributed by atoms with E-state index >= 15 is 0 Å². The fourth-order valence-corrected chi connectivity index (χ4v) is 3.95. The number of nitrogens with zero attached hydrogens (tertiary/aromatic N) is 3. The molecular weight excluding hydrogens is 362 g/mol. The van der Waals surface area contributed by atoms with Crippen molar-refractivity contribution in [2.45, 2.75) is 13.5 Å². The van der Waals surface area contributed by atoms with Crippen LogP contribution in [0.2, 0.25) is 0 Å².